The maximum atomic E-state index is 12.3. The molecule has 0 saturated carbocycles. The molecule has 0 saturated heterocycles. The van der Waals surface area contributed by atoms with Crippen LogP contribution in [-0.2, 0) is 0 Å². The second-order valence-corrected chi connectivity index (χ2v) is 6.51. The number of ether oxygens (including phenoxy) is 1. The van der Waals surface area contributed by atoms with E-state index in [0.717, 1.165) is 22.0 Å². The van der Waals surface area contributed by atoms with Crippen molar-refractivity contribution in [3.05, 3.63) is 53.3 Å². The van der Waals surface area contributed by atoms with Crippen molar-refractivity contribution >= 4 is 23.3 Å². The van der Waals surface area contributed by atoms with E-state index in [0.29, 0.717) is 17.9 Å². The van der Waals surface area contributed by atoms with Gasteiger partial charge in [0.2, 0.25) is 0 Å². The first kappa shape index (κ1) is 15.7. The highest BCUT2D eigenvalue weighted by atomic mass is 32.2. The molecule has 0 fully saturated rings. The number of aryl methyl sites for hydroxylation is 1. The van der Waals surface area contributed by atoms with Gasteiger partial charge in [0, 0.05) is 30.4 Å². The lowest BCUT2D eigenvalue weighted by Crippen LogP contribution is -2.10. The summed E-state index contributed by atoms with van der Waals surface area (Å²) in [4.78, 5) is 29.6. The van der Waals surface area contributed by atoms with Crippen LogP contribution in [0.2, 0.25) is 0 Å². The second kappa shape index (κ2) is 6.96. The third-order valence-corrected chi connectivity index (χ3v) is 4.72. The molecule has 1 aliphatic heterocycles. The molecule has 118 valence electrons. The molecule has 0 unspecified atom stereocenters. The van der Waals surface area contributed by atoms with Crippen molar-refractivity contribution in [2.75, 3.05) is 12.4 Å². The SMILES string of the molecule is Cc1cccnc1C(=O)CCC(=O)c1ccc2c(c1)SCCO2. The van der Waals surface area contributed by atoms with Crippen molar-refractivity contribution in [3.8, 4) is 5.75 Å². The zero-order chi connectivity index (χ0) is 16.2. The van der Waals surface area contributed by atoms with E-state index < -0.39 is 0 Å². The first-order valence-corrected chi connectivity index (χ1v) is 8.51. The van der Waals surface area contributed by atoms with Crippen LogP contribution in [0.3, 0.4) is 0 Å². The van der Waals surface area contributed by atoms with E-state index in [4.69, 9.17) is 4.74 Å². The van der Waals surface area contributed by atoms with Crippen molar-refractivity contribution < 1.29 is 14.3 Å². The summed E-state index contributed by atoms with van der Waals surface area (Å²) >= 11 is 1.69. The summed E-state index contributed by atoms with van der Waals surface area (Å²) < 4.78 is 5.53. The lowest BCUT2D eigenvalue weighted by Gasteiger charge is -2.17. The minimum Gasteiger partial charge on any atom is -0.492 e. The minimum atomic E-state index is -0.0906. The summed E-state index contributed by atoms with van der Waals surface area (Å²) in [5.74, 6) is 1.60. The Bertz CT molecular complexity index is 758. The number of pyridine rings is 1. The van der Waals surface area contributed by atoms with Crippen LogP contribution in [0.1, 0.15) is 39.3 Å². The van der Waals surface area contributed by atoms with E-state index in [-0.39, 0.29) is 24.4 Å². The topological polar surface area (TPSA) is 56.3 Å². The molecule has 1 aromatic carbocycles. The molecule has 3 rings (SSSR count). The maximum absolute atomic E-state index is 12.3. The number of carbonyl (C=O) groups is 2. The maximum Gasteiger partial charge on any atom is 0.181 e. The summed E-state index contributed by atoms with van der Waals surface area (Å²) in [5, 5.41) is 0. The summed E-state index contributed by atoms with van der Waals surface area (Å²) in [6, 6.07) is 9.11. The molecule has 2 aromatic rings. The number of hydrogen-bond acceptors (Lipinski definition) is 5. The molecule has 0 N–H and O–H groups in total. The van der Waals surface area contributed by atoms with Gasteiger partial charge in [-0.25, -0.2) is 0 Å². The summed E-state index contributed by atoms with van der Waals surface area (Å²) in [7, 11) is 0. The fourth-order valence-corrected chi connectivity index (χ4v) is 3.35. The van der Waals surface area contributed by atoms with Gasteiger partial charge in [-0.3, -0.25) is 14.6 Å². The van der Waals surface area contributed by atoms with E-state index in [1.807, 2.05) is 25.1 Å². The van der Waals surface area contributed by atoms with E-state index >= 15 is 0 Å². The van der Waals surface area contributed by atoms with Crippen LogP contribution in [-0.4, -0.2) is 28.9 Å². The fraction of sp³-hybridized carbons (Fsp3) is 0.278. The first-order chi connectivity index (χ1) is 11.1. The number of fused-ring (bicyclic) bond motifs is 1. The highest BCUT2D eigenvalue weighted by molar-refractivity contribution is 7.99. The molecule has 0 radical (unpaired) electrons. The van der Waals surface area contributed by atoms with Crippen molar-refractivity contribution in [3.63, 3.8) is 0 Å². The number of carbonyl (C=O) groups excluding carboxylic acids is 2. The van der Waals surface area contributed by atoms with Crippen molar-refractivity contribution in [1.82, 2.24) is 4.98 Å². The van der Waals surface area contributed by atoms with Crippen LogP contribution < -0.4 is 4.74 Å². The normalized spacial score (nSPS) is 13.1. The number of rotatable bonds is 5. The number of Topliss-reactive ketones (excluding diaryl/α,β-unsaturated/α-hetero) is 2. The van der Waals surface area contributed by atoms with Gasteiger partial charge in [-0.1, -0.05) is 6.07 Å². The van der Waals surface area contributed by atoms with E-state index in [1.165, 1.54) is 0 Å². The average molecular weight is 327 g/mol. The van der Waals surface area contributed by atoms with Crippen LogP contribution in [0.15, 0.2) is 41.4 Å². The first-order valence-electron chi connectivity index (χ1n) is 7.53. The van der Waals surface area contributed by atoms with Crippen LogP contribution in [0, 0.1) is 6.92 Å². The Balaban J connectivity index is 1.66. The molecule has 0 aliphatic carbocycles. The van der Waals surface area contributed by atoms with E-state index in [2.05, 4.69) is 4.98 Å². The quantitative estimate of drug-likeness (QED) is 0.783. The van der Waals surface area contributed by atoms with Crippen LogP contribution >= 0.6 is 11.8 Å². The third-order valence-electron chi connectivity index (χ3n) is 3.72. The van der Waals surface area contributed by atoms with Gasteiger partial charge in [-0.2, -0.15) is 0 Å². The molecular formula is C18H17NO3S. The Morgan fingerprint density at radius 1 is 1.22 bits per heavy atom. The van der Waals surface area contributed by atoms with Gasteiger partial charge >= 0.3 is 0 Å². The smallest absolute Gasteiger partial charge is 0.181 e. The standard InChI is InChI=1S/C18H17NO3S/c1-12-3-2-8-19-18(12)15(21)6-5-14(20)13-4-7-16-17(11-13)23-10-9-22-16/h2-4,7-8,11H,5-6,9-10H2,1H3. The summed E-state index contributed by atoms with van der Waals surface area (Å²) in [6.07, 6.45) is 1.97. The van der Waals surface area contributed by atoms with E-state index in [9.17, 15) is 9.59 Å². The van der Waals surface area contributed by atoms with Gasteiger partial charge in [0.15, 0.2) is 11.6 Å². The Labute approximate surface area is 139 Å². The molecule has 1 aliphatic rings. The van der Waals surface area contributed by atoms with Crippen molar-refractivity contribution in [1.29, 1.82) is 0 Å². The van der Waals surface area contributed by atoms with Crippen LogP contribution in [0.4, 0.5) is 0 Å². The highest BCUT2D eigenvalue weighted by Crippen LogP contribution is 2.34. The molecule has 0 amide bonds. The molecule has 0 atom stereocenters. The Morgan fingerprint density at radius 2 is 2.04 bits per heavy atom. The van der Waals surface area contributed by atoms with E-state index in [1.54, 1.807) is 30.1 Å². The lowest BCUT2D eigenvalue weighted by atomic mass is 10.0. The van der Waals surface area contributed by atoms with Crippen LogP contribution in [0.25, 0.3) is 0 Å². The van der Waals surface area contributed by atoms with Gasteiger partial charge < -0.3 is 4.74 Å². The Hall–Kier alpha value is -2.14. The average Bonchev–Trinajstić information content (AvgIpc) is 2.59. The molecule has 5 heteroatoms. The van der Waals surface area contributed by atoms with Crippen LogP contribution in [0.5, 0.6) is 5.75 Å². The van der Waals surface area contributed by atoms with Crippen molar-refractivity contribution in [2.24, 2.45) is 0 Å². The Kier molecular flexibility index (Phi) is 4.76. The largest absolute Gasteiger partial charge is 0.492 e. The highest BCUT2D eigenvalue weighted by Gasteiger charge is 2.16. The molecule has 0 bridgehead atoms. The summed E-state index contributed by atoms with van der Waals surface area (Å²) in [5.41, 5.74) is 1.93. The van der Waals surface area contributed by atoms with Gasteiger partial charge in [0.1, 0.15) is 11.4 Å². The van der Waals surface area contributed by atoms with Gasteiger partial charge in [0.05, 0.1) is 11.5 Å². The number of thioether (sulfide) groups is 1. The van der Waals surface area contributed by atoms with Gasteiger partial charge in [0.25, 0.3) is 0 Å². The monoisotopic (exact) mass is 327 g/mol. The molecule has 23 heavy (non-hydrogen) atoms. The number of ketones is 2. The van der Waals surface area contributed by atoms with Gasteiger partial charge in [-0.05, 0) is 36.8 Å². The molecule has 4 nitrogen and oxygen atoms in total. The van der Waals surface area contributed by atoms with Gasteiger partial charge in [-0.15, -0.1) is 11.8 Å². The zero-order valence-electron chi connectivity index (χ0n) is 12.9. The predicted octanol–water partition coefficient (Wildman–Crippen LogP) is 3.72. The summed E-state index contributed by atoms with van der Waals surface area (Å²) in [6.45, 7) is 2.55. The van der Waals surface area contributed by atoms with Crippen molar-refractivity contribution in [2.45, 2.75) is 24.7 Å². The fourth-order valence-electron chi connectivity index (χ4n) is 2.48. The zero-order valence-corrected chi connectivity index (χ0v) is 13.7. The lowest BCUT2D eigenvalue weighted by molar-refractivity contribution is 0.0914. The number of aromatic nitrogens is 1. The minimum absolute atomic E-state index is 0.0269. The second-order valence-electron chi connectivity index (χ2n) is 5.37. The molecule has 2 heterocycles. The predicted molar refractivity (Wildman–Crippen MR) is 89.5 cm³/mol. The molecular weight excluding hydrogens is 310 g/mol. The number of hydrogen-bond donors (Lipinski definition) is 0. The molecule has 0 spiro atoms. The third kappa shape index (κ3) is 3.62. The Morgan fingerprint density at radius 3 is 2.87 bits per heavy atom. The number of benzene rings is 1. The molecule has 1 aromatic heterocycles. The number of nitrogens with zero attached hydrogens (tertiary/aromatic N) is 1.